The average molecular weight is 404 g/mol. The summed E-state index contributed by atoms with van der Waals surface area (Å²) in [6.45, 7) is 0. The van der Waals surface area contributed by atoms with Gasteiger partial charge in [-0.15, -0.1) is 0 Å². The molecule has 0 radical (unpaired) electrons. The molecule has 4 rings (SSSR count). The average Bonchev–Trinajstić information content (AvgIpc) is 3.14. The molecule has 4 aromatic rings. The quantitative estimate of drug-likeness (QED) is 0.486. The van der Waals surface area contributed by atoms with Crippen molar-refractivity contribution >= 4 is 34.2 Å². The van der Waals surface area contributed by atoms with Crippen LogP contribution in [0.3, 0.4) is 0 Å². The molecule has 3 aromatic carbocycles. The summed E-state index contributed by atoms with van der Waals surface area (Å²) in [5.74, 6) is -1.49. The Hall–Kier alpha value is -4.13. The van der Waals surface area contributed by atoms with E-state index in [-0.39, 0.29) is 17.1 Å². The van der Waals surface area contributed by atoms with E-state index in [1.807, 2.05) is 0 Å². The van der Waals surface area contributed by atoms with Gasteiger partial charge in [0.05, 0.1) is 18.4 Å². The lowest BCUT2D eigenvalue weighted by atomic mass is 10.1. The Morgan fingerprint density at radius 2 is 1.57 bits per heavy atom. The number of benzene rings is 3. The molecule has 0 fully saturated rings. The maximum Gasteiger partial charge on any atom is 0.293 e. The smallest absolute Gasteiger partial charge is 0.293 e. The third-order valence-corrected chi connectivity index (χ3v) is 4.51. The van der Waals surface area contributed by atoms with Crippen molar-refractivity contribution in [2.45, 2.75) is 0 Å². The first-order valence-corrected chi connectivity index (χ1v) is 9.10. The van der Waals surface area contributed by atoms with Crippen LogP contribution in [-0.2, 0) is 0 Å². The van der Waals surface area contributed by atoms with E-state index >= 15 is 0 Å². The maximum atomic E-state index is 14.0. The van der Waals surface area contributed by atoms with E-state index in [1.165, 1.54) is 25.3 Å². The molecule has 0 aliphatic heterocycles. The second kappa shape index (κ2) is 8.08. The summed E-state index contributed by atoms with van der Waals surface area (Å²) in [6.07, 6.45) is 0. The van der Waals surface area contributed by atoms with E-state index in [0.29, 0.717) is 22.3 Å². The predicted octanol–water partition coefficient (Wildman–Crippen LogP) is 5.09. The fraction of sp³-hybridized carbons (Fsp3) is 0.0435. The molecule has 0 bridgehead atoms. The number of carbonyl (C=O) groups excluding carboxylic acids is 2. The van der Waals surface area contributed by atoms with Crippen molar-refractivity contribution < 1.29 is 23.1 Å². The van der Waals surface area contributed by atoms with Crippen LogP contribution in [0.2, 0.25) is 0 Å². The molecule has 150 valence electrons. The molecule has 0 unspecified atom stereocenters. The van der Waals surface area contributed by atoms with Gasteiger partial charge in [-0.1, -0.05) is 36.4 Å². The van der Waals surface area contributed by atoms with Gasteiger partial charge in [0.1, 0.15) is 22.8 Å². The first-order chi connectivity index (χ1) is 14.6. The third kappa shape index (κ3) is 3.60. The largest absolute Gasteiger partial charge is 0.496 e. The number of rotatable bonds is 5. The van der Waals surface area contributed by atoms with Crippen LogP contribution in [0.4, 0.5) is 15.8 Å². The Kier molecular flexibility index (Phi) is 5.17. The Balaban J connectivity index is 1.73. The maximum absolute atomic E-state index is 14.0. The Morgan fingerprint density at radius 3 is 2.37 bits per heavy atom. The molecule has 0 saturated heterocycles. The molecule has 0 aliphatic carbocycles. The van der Waals surface area contributed by atoms with E-state index in [4.69, 9.17) is 9.15 Å². The number of furan rings is 1. The van der Waals surface area contributed by atoms with Gasteiger partial charge >= 0.3 is 0 Å². The lowest BCUT2D eigenvalue weighted by molar-refractivity contribution is 0.0999. The first kappa shape index (κ1) is 19.2. The zero-order valence-corrected chi connectivity index (χ0v) is 15.9. The minimum Gasteiger partial charge on any atom is -0.496 e. The number of nitrogens with one attached hydrogen (secondary N) is 2. The molecule has 2 N–H and O–H groups in total. The summed E-state index contributed by atoms with van der Waals surface area (Å²) in [5.41, 5.74) is 0.901. The standard InChI is InChI=1S/C23H17FN2O4/c1-29-18-12-6-3-9-15(18)22(27)26-20-14-8-2-7-13-19(14)30-21(20)23(28)25-17-11-5-4-10-16(17)24/h2-13H,1H3,(H,25,28)(H,26,27). The highest BCUT2D eigenvalue weighted by molar-refractivity contribution is 6.17. The highest BCUT2D eigenvalue weighted by atomic mass is 19.1. The molecule has 1 aromatic heterocycles. The normalized spacial score (nSPS) is 10.6. The zero-order valence-electron chi connectivity index (χ0n) is 15.9. The molecule has 6 nitrogen and oxygen atoms in total. The van der Waals surface area contributed by atoms with Crippen molar-refractivity contribution in [2.24, 2.45) is 0 Å². The lowest BCUT2D eigenvalue weighted by Crippen LogP contribution is -2.18. The van der Waals surface area contributed by atoms with Crippen molar-refractivity contribution in [2.75, 3.05) is 17.7 Å². The summed E-state index contributed by atoms with van der Waals surface area (Å²) in [4.78, 5) is 25.7. The van der Waals surface area contributed by atoms with Gasteiger partial charge < -0.3 is 19.8 Å². The number of hydrogen-bond donors (Lipinski definition) is 2. The highest BCUT2D eigenvalue weighted by Gasteiger charge is 2.24. The lowest BCUT2D eigenvalue weighted by Gasteiger charge is -2.10. The molecular formula is C23H17FN2O4. The van der Waals surface area contributed by atoms with Crippen LogP contribution in [-0.4, -0.2) is 18.9 Å². The van der Waals surface area contributed by atoms with E-state index in [2.05, 4.69) is 10.6 Å². The molecule has 0 saturated carbocycles. The van der Waals surface area contributed by atoms with Crippen molar-refractivity contribution in [3.05, 3.63) is 89.9 Å². The molecule has 7 heteroatoms. The summed E-state index contributed by atoms with van der Waals surface area (Å²) < 4.78 is 24.9. The SMILES string of the molecule is COc1ccccc1C(=O)Nc1c(C(=O)Nc2ccccc2F)oc2ccccc12. The molecule has 0 aliphatic rings. The van der Waals surface area contributed by atoms with Gasteiger partial charge in [-0.05, 0) is 36.4 Å². The number of carbonyl (C=O) groups is 2. The monoisotopic (exact) mass is 404 g/mol. The van der Waals surface area contributed by atoms with Crippen LogP contribution >= 0.6 is 0 Å². The molecule has 1 heterocycles. The van der Waals surface area contributed by atoms with Crippen molar-refractivity contribution in [1.82, 2.24) is 0 Å². The molecule has 0 atom stereocenters. The van der Waals surface area contributed by atoms with Crippen LogP contribution in [0.15, 0.2) is 77.2 Å². The second-order valence-corrected chi connectivity index (χ2v) is 6.39. The van der Waals surface area contributed by atoms with Gasteiger partial charge in [-0.25, -0.2) is 4.39 Å². The summed E-state index contributed by atoms with van der Waals surface area (Å²) in [7, 11) is 1.46. The van der Waals surface area contributed by atoms with Crippen LogP contribution in [0.1, 0.15) is 20.9 Å². The minimum atomic E-state index is -0.688. The molecular weight excluding hydrogens is 387 g/mol. The number of fused-ring (bicyclic) bond motifs is 1. The van der Waals surface area contributed by atoms with Gasteiger partial charge in [-0.2, -0.15) is 0 Å². The number of hydrogen-bond acceptors (Lipinski definition) is 4. The first-order valence-electron chi connectivity index (χ1n) is 9.10. The number of methoxy groups -OCH3 is 1. The van der Waals surface area contributed by atoms with Gasteiger partial charge in [0.25, 0.3) is 11.8 Å². The Labute approximate surface area is 171 Å². The van der Waals surface area contributed by atoms with Crippen molar-refractivity contribution in [3.63, 3.8) is 0 Å². The number of para-hydroxylation sites is 3. The summed E-state index contributed by atoms with van der Waals surface area (Å²) in [6, 6.07) is 19.4. The predicted molar refractivity (Wildman–Crippen MR) is 112 cm³/mol. The van der Waals surface area contributed by atoms with E-state index in [9.17, 15) is 14.0 Å². The van der Waals surface area contributed by atoms with E-state index in [1.54, 1.807) is 54.6 Å². The Morgan fingerprint density at radius 1 is 0.867 bits per heavy atom. The van der Waals surface area contributed by atoms with Crippen LogP contribution in [0.25, 0.3) is 11.0 Å². The van der Waals surface area contributed by atoms with Crippen molar-refractivity contribution in [1.29, 1.82) is 0 Å². The van der Waals surface area contributed by atoms with Crippen LogP contribution in [0.5, 0.6) is 5.75 Å². The number of ether oxygens (including phenoxy) is 1. The second-order valence-electron chi connectivity index (χ2n) is 6.39. The number of halogens is 1. The fourth-order valence-electron chi connectivity index (χ4n) is 3.08. The minimum absolute atomic E-state index is 0.00459. The van der Waals surface area contributed by atoms with E-state index in [0.717, 1.165) is 0 Å². The number of anilines is 2. The van der Waals surface area contributed by atoms with Crippen LogP contribution < -0.4 is 15.4 Å². The Bertz CT molecular complexity index is 1250. The summed E-state index contributed by atoms with van der Waals surface area (Å²) >= 11 is 0. The highest BCUT2D eigenvalue weighted by Crippen LogP contribution is 2.32. The van der Waals surface area contributed by atoms with Gasteiger partial charge in [0.2, 0.25) is 5.76 Å². The van der Waals surface area contributed by atoms with Gasteiger partial charge in [-0.3, -0.25) is 9.59 Å². The van der Waals surface area contributed by atoms with Gasteiger partial charge in [0, 0.05) is 5.39 Å². The van der Waals surface area contributed by atoms with E-state index < -0.39 is 17.6 Å². The van der Waals surface area contributed by atoms with Crippen LogP contribution in [0, 0.1) is 5.82 Å². The molecule has 2 amide bonds. The van der Waals surface area contributed by atoms with Crippen molar-refractivity contribution in [3.8, 4) is 5.75 Å². The zero-order chi connectivity index (χ0) is 21.1. The molecule has 30 heavy (non-hydrogen) atoms. The van der Waals surface area contributed by atoms with Gasteiger partial charge in [0.15, 0.2) is 0 Å². The number of amides is 2. The topological polar surface area (TPSA) is 80.6 Å². The fourth-order valence-corrected chi connectivity index (χ4v) is 3.08. The molecule has 0 spiro atoms. The third-order valence-electron chi connectivity index (χ3n) is 4.51. The summed E-state index contributed by atoms with van der Waals surface area (Å²) in [5, 5.41) is 5.76.